The first-order valence-electron chi connectivity index (χ1n) is 6.08. The third kappa shape index (κ3) is 2.68. The van der Waals surface area contributed by atoms with Gasteiger partial charge in [-0.3, -0.25) is 4.68 Å². The smallest absolute Gasteiger partial charge is 0.341 e. The van der Waals surface area contributed by atoms with Gasteiger partial charge in [0.1, 0.15) is 10.7 Å². The van der Waals surface area contributed by atoms with Crippen LogP contribution in [0.25, 0.3) is 10.6 Å². The number of nitrogen functional groups attached to an aromatic ring is 1. The zero-order chi connectivity index (χ0) is 14.7. The largest absolute Gasteiger partial charge is 0.465 e. The molecule has 2 aromatic heterocycles. The van der Waals surface area contributed by atoms with E-state index in [4.69, 9.17) is 15.2 Å². The molecule has 6 nitrogen and oxygen atoms in total. The maximum atomic E-state index is 11.7. The minimum atomic E-state index is -0.415. The summed E-state index contributed by atoms with van der Waals surface area (Å²) in [6.45, 7) is 3.13. The predicted octanol–water partition coefficient (Wildman–Crippen LogP) is 1.94. The Kier molecular flexibility index (Phi) is 4.41. The van der Waals surface area contributed by atoms with Gasteiger partial charge in [-0.15, -0.1) is 11.3 Å². The molecule has 0 aliphatic carbocycles. The van der Waals surface area contributed by atoms with E-state index in [0.29, 0.717) is 23.7 Å². The number of methoxy groups -OCH3 is 2. The zero-order valence-corrected chi connectivity index (χ0v) is 12.5. The number of thiophene rings is 1. The Morgan fingerprint density at radius 2 is 2.25 bits per heavy atom. The second-order valence-electron chi connectivity index (χ2n) is 4.24. The zero-order valence-electron chi connectivity index (χ0n) is 11.7. The number of ether oxygens (including phenoxy) is 2. The number of esters is 1. The van der Waals surface area contributed by atoms with Crippen molar-refractivity contribution in [3.05, 3.63) is 23.4 Å². The van der Waals surface area contributed by atoms with Gasteiger partial charge in [-0.1, -0.05) is 0 Å². The van der Waals surface area contributed by atoms with Crippen molar-refractivity contribution in [2.75, 3.05) is 26.6 Å². The van der Waals surface area contributed by atoms with Crippen molar-refractivity contribution in [2.45, 2.75) is 13.5 Å². The second kappa shape index (κ2) is 6.06. The predicted molar refractivity (Wildman–Crippen MR) is 77.9 cm³/mol. The summed E-state index contributed by atoms with van der Waals surface area (Å²) in [4.78, 5) is 12.6. The number of nitrogens with two attached hydrogens (primary N) is 1. The van der Waals surface area contributed by atoms with E-state index in [0.717, 1.165) is 16.1 Å². The second-order valence-corrected chi connectivity index (χ2v) is 5.30. The highest BCUT2D eigenvalue weighted by Crippen LogP contribution is 2.37. The fourth-order valence-electron chi connectivity index (χ4n) is 1.93. The first-order chi connectivity index (χ1) is 9.58. The van der Waals surface area contributed by atoms with E-state index in [2.05, 4.69) is 5.10 Å². The van der Waals surface area contributed by atoms with Crippen LogP contribution in [-0.2, 0) is 16.0 Å². The van der Waals surface area contributed by atoms with E-state index in [1.807, 2.05) is 19.2 Å². The molecule has 0 radical (unpaired) electrons. The maximum absolute atomic E-state index is 11.7. The van der Waals surface area contributed by atoms with Gasteiger partial charge >= 0.3 is 5.97 Å². The van der Waals surface area contributed by atoms with Gasteiger partial charge < -0.3 is 15.2 Å². The fraction of sp³-hybridized carbons (Fsp3) is 0.385. The molecule has 2 heterocycles. The summed E-state index contributed by atoms with van der Waals surface area (Å²) in [6.07, 6.45) is 1.88. The molecule has 20 heavy (non-hydrogen) atoms. The van der Waals surface area contributed by atoms with Crippen LogP contribution in [0.1, 0.15) is 15.9 Å². The maximum Gasteiger partial charge on any atom is 0.341 e. The van der Waals surface area contributed by atoms with Crippen LogP contribution in [0.15, 0.2) is 12.3 Å². The van der Waals surface area contributed by atoms with Crippen LogP contribution in [0.3, 0.4) is 0 Å². The quantitative estimate of drug-likeness (QED) is 0.853. The third-order valence-corrected chi connectivity index (χ3v) is 4.10. The topological polar surface area (TPSA) is 79.4 Å². The van der Waals surface area contributed by atoms with E-state index < -0.39 is 5.97 Å². The molecule has 2 rings (SSSR count). The molecule has 0 saturated heterocycles. The van der Waals surface area contributed by atoms with Crippen molar-refractivity contribution < 1.29 is 14.3 Å². The Balaban J connectivity index is 2.34. The SMILES string of the molecule is COCCn1ccc(-c2sc(N)c(C(=O)OC)c2C)n1. The van der Waals surface area contributed by atoms with E-state index >= 15 is 0 Å². The van der Waals surface area contributed by atoms with E-state index in [-0.39, 0.29) is 0 Å². The average molecular weight is 295 g/mol. The molecule has 0 aromatic carbocycles. The first-order valence-corrected chi connectivity index (χ1v) is 6.90. The summed E-state index contributed by atoms with van der Waals surface area (Å²) in [5.41, 5.74) is 7.93. The van der Waals surface area contributed by atoms with Crippen LogP contribution in [0, 0.1) is 6.92 Å². The molecule has 0 bridgehead atoms. The number of hydrogen-bond acceptors (Lipinski definition) is 6. The molecule has 7 heteroatoms. The molecule has 0 fully saturated rings. The van der Waals surface area contributed by atoms with Crippen LogP contribution in [0.4, 0.5) is 5.00 Å². The van der Waals surface area contributed by atoms with E-state index in [1.165, 1.54) is 18.4 Å². The number of aromatic nitrogens is 2. The minimum absolute atomic E-state index is 0.415. The lowest BCUT2D eigenvalue weighted by molar-refractivity contribution is 0.0601. The van der Waals surface area contributed by atoms with Gasteiger partial charge in [-0.05, 0) is 18.6 Å². The van der Waals surface area contributed by atoms with Crippen molar-refractivity contribution in [3.8, 4) is 10.6 Å². The van der Waals surface area contributed by atoms with Crippen LogP contribution < -0.4 is 5.73 Å². The highest BCUT2D eigenvalue weighted by atomic mass is 32.1. The van der Waals surface area contributed by atoms with Crippen molar-refractivity contribution in [1.29, 1.82) is 0 Å². The van der Waals surface area contributed by atoms with Crippen LogP contribution in [0.2, 0.25) is 0 Å². The molecule has 108 valence electrons. The highest BCUT2D eigenvalue weighted by molar-refractivity contribution is 7.19. The number of hydrogen-bond donors (Lipinski definition) is 1. The molecule has 0 aliphatic heterocycles. The van der Waals surface area contributed by atoms with Gasteiger partial charge in [0.15, 0.2) is 0 Å². The van der Waals surface area contributed by atoms with Crippen LogP contribution >= 0.6 is 11.3 Å². The number of rotatable bonds is 5. The summed E-state index contributed by atoms with van der Waals surface area (Å²) in [5, 5.41) is 4.91. The molecule has 0 amide bonds. The molecular formula is C13H17N3O3S. The Labute approximate surface area is 121 Å². The third-order valence-electron chi connectivity index (χ3n) is 2.96. The molecule has 0 unspecified atom stereocenters. The van der Waals surface area contributed by atoms with E-state index in [9.17, 15) is 4.79 Å². The number of anilines is 1. The van der Waals surface area contributed by atoms with Crippen molar-refractivity contribution in [2.24, 2.45) is 0 Å². The summed E-state index contributed by atoms with van der Waals surface area (Å²) < 4.78 is 11.6. The molecule has 0 saturated carbocycles. The first kappa shape index (κ1) is 14.5. The fourth-order valence-corrected chi connectivity index (χ4v) is 2.96. The van der Waals surface area contributed by atoms with Gasteiger partial charge in [0.25, 0.3) is 0 Å². The minimum Gasteiger partial charge on any atom is -0.465 e. The molecule has 2 aromatic rings. The van der Waals surface area contributed by atoms with Crippen LogP contribution in [0.5, 0.6) is 0 Å². The lowest BCUT2D eigenvalue weighted by Crippen LogP contribution is -2.05. The number of carbonyl (C=O) groups excluding carboxylic acids is 1. The van der Waals surface area contributed by atoms with Crippen molar-refractivity contribution in [3.63, 3.8) is 0 Å². The molecule has 0 atom stereocenters. The lowest BCUT2D eigenvalue weighted by Gasteiger charge is -2.00. The van der Waals surface area contributed by atoms with Gasteiger partial charge in [0.05, 0.1) is 30.7 Å². The normalized spacial score (nSPS) is 10.8. The Hall–Kier alpha value is -1.86. The summed E-state index contributed by atoms with van der Waals surface area (Å²) in [6, 6.07) is 1.90. The van der Waals surface area contributed by atoms with Gasteiger partial charge in [0.2, 0.25) is 0 Å². The highest BCUT2D eigenvalue weighted by Gasteiger charge is 2.21. The van der Waals surface area contributed by atoms with Crippen molar-refractivity contribution in [1.82, 2.24) is 9.78 Å². The molecule has 0 spiro atoms. The lowest BCUT2D eigenvalue weighted by atomic mass is 10.1. The summed E-state index contributed by atoms with van der Waals surface area (Å²) in [7, 11) is 3.00. The molecular weight excluding hydrogens is 278 g/mol. The number of carbonyl (C=O) groups is 1. The summed E-state index contributed by atoms with van der Waals surface area (Å²) in [5.74, 6) is -0.415. The standard InChI is InChI=1S/C13H17N3O3S/c1-8-10(13(17)19-3)12(14)20-11(8)9-4-5-16(15-9)6-7-18-2/h4-5H,6-7,14H2,1-3H3. The van der Waals surface area contributed by atoms with Crippen LogP contribution in [-0.4, -0.2) is 36.6 Å². The summed E-state index contributed by atoms with van der Waals surface area (Å²) >= 11 is 1.34. The Bertz CT molecular complexity index is 618. The van der Waals surface area contributed by atoms with E-state index in [1.54, 1.807) is 11.8 Å². The van der Waals surface area contributed by atoms with Gasteiger partial charge in [0, 0.05) is 13.3 Å². The van der Waals surface area contributed by atoms with Gasteiger partial charge in [-0.2, -0.15) is 5.10 Å². The average Bonchev–Trinajstić information content (AvgIpc) is 3.00. The van der Waals surface area contributed by atoms with Gasteiger partial charge in [-0.25, -0.2) is 4.79 Å². The molecule has 0 aliphatic rings. The monoisotopic (exact) mass is 295 g/mol. The Morgan fingerprint density at radius 1 is 1.50 bits per heavy atom. The van der Waals surface area contributed by atoms with Crippen molar-refractivity contribution >= 4 is 22.3 Å². The molecule has 2 N–H and O–H groups in total. The Morgan fingerprint density at radius 3 is 2.90 bits per heavy atom. The number of nitrogens with zero attached hydrogens (tertiary/aromatic N) is 2.